The maximum atomic E-state index is 12.6. The molecule has 5 heteroatoms. The average Bonchev–Trinajstić information content (AvgIpc) is 2.67. The summed E-state index contributed by atoms with van der Waals surface area (Å²) in [6.07, 6.45) is 4.35. The maximum Gasteiger partial charge on any atom is 0.254 e. The van der Waals surface area contributed by atoms with Crippen molar-refractivity contribution in [1.29, 1.82) is 0 Å². The van der Waals surface area contributed by atoms with Crippen molar-refractivity contribution < 1.29 is 13.2 Å². The molecular weight excluding hydrogens is 274 g/mol. The van der Waals surface area contributed by atoms with Gasteiger partial charge in [0.25, 0.3) is 5.91 Å². The molecule has 2 bridgehead atoms. The van der Waals surface area contributed by atoms with Gasteiger partial charge < -0.3 is 4.90 Å². The second-order valence-corrected chi connectivity index (χ2v) is 8.21. The van der Waals surface area contributed by atoms with E-state index in [9.17, 15) is 13.2 Å². The van der Waals surface area contributed by atoms with Crippen LogP contribution in [0.4, 0.5) is 0 Å². The first kappa shape index (κ1) is 13.6. The summed E-state index contributed by atoms with van der Waals surface area (Å²) in [4.78, 5) is 14.5. The number of sulfone groups is 1. The van der Waals surface area contributed by atoms with Crippen molar-refractivity contribution in [1.82, 2.24) is 4.90 Å². The first-order valence-electron chi connectivity index (χ1n) is 7.03. The minimum atomic E-state index is -3.00. The van der Waals surface area contributed by atoms with Gasteiger partial charge in [-0.15, -0.1) is 0 Å². The summed E-state index contributed by atoms with van der Waals surface area (Å²) in [5.41, 5.74) is 0.696. The Morgan fingerprint density at radius 3 is 2.15 bits per heavy atom. The van der Waals surface area contributed by atoms with Crippen molar-refractivity contribution in [2.24, 2.45) is 0 Å². The molecule has 0 spiro atoms. The molecule has 2 aliphatic rings. The zero-order valence-corrected chi connectivity index (χ0v) is 12.3. The Hall–Kier alpha value is -1.36. The van der Waals surface area contributed by atoms with Gasteiger partial charge in [-0.25, -0.2) is 8.42 Å². The molecule has 4 nitrogen and oxygen atoms in total. The number of fused-ring (bicyclic) bond motifs is 2. The van der Waals surface area contributed by atoms with Gasteiger partial charge in [0.15, 0.2) is 0 Å². The van der Waals surface area contributed by atoms with Gasteiger partial charge in [-0.1, -0.05) is 18.2 Å². The molecule has 1 aromatic carbocycles. The maximum absolute atomic E-state index is 12.6. The van der Waals surface area contributed by atoms with Gasteiger partial charge in [0.1, 0.15) is 9.84 Å². The largest absolute Gasteiger partial charge is 0.333 e. The third-order valence-electron chi connectivity index (χ3n) is 4.55. The lowest BCUT2D eigenvalue weighted by Crippen LogP contribution is -2.49. The van der Waals surface area contributed by atoms with Gasteiger partial charge >= 0.3 is 0 Å². The van der Waals surface area contributed by atoms with Crippen LogP contribution in [0, 0.1) is 0 Å². The molecule has 0 saturated carbocycles. The minimum Gasteiger partial charge on any atom is -0.333 e. The molecule has 2 fully saturated rings. The summed E-state index contributed by atoms with van der Waals surface area (Å²) >= 11 is 0. The van der Waals surface area contributed by atoms with E-state index in [-0.39, 0.29) is 23.2 Å². The summed E-state index contributed by atoms with van der Waals surface area (Å²) in [6, 6.07) is 9.43. The molecule has 2 heterocycles. The number of piperidine rings is 1. The van der Waals surface area contributed by atoms with Crippen molar-refractivity contribution in [2.45, 2.75) is 43.0 Å². The minimum absolute atomic E-state index is 0.0463. The van der Waals surface area contributed by atoms with Crippen LogP contribution in [-0.2, 0) is 9.84 Å². The Bertz CT molecular complexity index is 597. The van der Waals surface area contributed by atoms with Crippen LogP contribution in [0.25, 0.3) is 0 Å². The number of nitrogens with zero attached hydrogens (tertiary/aromatic N) is 1. The molecule has 108 valence electrons. The van der Waals surface area contributed by atoms with Crippen LogP contribution in [0.15, 0.2) is 30.3 Å². The molecular formula is C15H19NO3S. The van der Waals surface area contributed by atoms with Gasteiger partial charge in [-0.3, -0.25) is 4.79 Å². The SMILES string of the molecule is CS(=O)(=O)C1CC2CCC(C1)N2C(=O)c1ccccc1. The molecule has 2 atom stereocenters. The van der Waals surface area contributed by atoms with Gasteiger partial charge in [-0.05, 0) is 37.8 Å². The monoisotopic (exact) mass is 293 g/mol. The summed E-state index contributed by atoms with van der Waals surface area (Å²) in [5, 5.41) is -0.278. The van der Waals surface area contributed by atoms with Crippen molar-refractivity contribution in [3.8, 4) is 0 Å². The van der Waals surface area contributed by atoms with Crippen LogP contribution < -0.4 is 0 Å². The number of carbonyl (C=O) groups is 1. The van der Waals surface area contributed by atoms with Crippen LogP contribution in [0.5, 0.6) is 0 Å². The Kier molecular flexibility index (Phi) is 3.32. The molecule has 3 rings (SSSR count). The highest BCUT2D eigenvalue weighted by atomic mass is 32.2. The first-order valence-corrected chi connectivity index (χ1v) is 8.99. The molecule has 2 saturated heterocycles. The quantitative estimate of drug-likeness (QED) is 0.836. The van der Waals surface area contributed by atoms with E-state index in [2.05, 4.69) is 0 Å². The molecule has 1 amide bonds. The van der Waals surface area contributed by atoms with Crippen molar-refractivity contribution in [3.63, 3.8) is 0 Å². The highest BCUT2D eigenvalue weighted by molar-refractivity contribution is 7.91. The summed E-state index contributed by atoms with van der Waals surface area (Å²) in [7, 11) is -3.00. The molecule has 2 unspecified atom stereocenters. The Labute approximate surface area is 119 Å². The second kappa shape index (κ2) is 4.88. The number of rotatable bonds is 2. The van der Waals surface area contributed by atoms with Crippen LogP contribution in [0.2, 0.25) is 0 Å². The van der Waals surface area contributed by atoms with Crippen molar-refractivity contribution in [3.05, 3.63) is 35.9 Å². The lowest BCUT2D eigenvalue weighted by molar-refractivity contribution is 0.0598. The van der Waals surface area contributed by atoms with Crippen molar-refractivity contribution in [2.75, 3.05) is 6.26 Å². The fraction of sp³-hybridized carbons (Fsp3) is 0.533. The highest BCUT2D eigenvalue weighted by Crippen LogP contribution is 2.38. The number of amides is 1. The predicted octanol–water partition coefficient (Wildman–Crippen LogP) is 1.87. The predicted molar refractivity (Wildman–Crippen MR) is 77.3 cm³/mol. The van der Waals surface area contributed by atoms with E-state index >= 15 is 0 Å². The van der Waals surface area contributed by atoms with Gasteiger partial charge in [-0.2, -0.15) is 0 Å². The molecule has 2 aliphatic heterocycles. The van der Waals surface area contributed by atoms with Crippen LogP contribution in [0.3, 0.4) is 0 Å². The van der Waals surface area contributed by atoms with Gasteiger partial charge in [0.2, 0.25) is 0 Å². The lowest BCUT2D eigenvalue weighted by atomic mass is 10.0. The topological polar surface area (TPSA) is 54.5 Å². The zero-order valence-electron chi connectivity index (χ0n) is 11.5. The van der Waals surface area contributed by atoms with E-state index in [1.807, 2.05) is 35.2 Å². The van der Waals surface area contributed by atoms with E-state index in [0.717, 1.165) is 12.8 Å². The molecule has 1 aromatic rings. The summed E-state index contributed by atoms with van der Waals surface area (Å²) in [5.74, 6) is 0.0463. The summed E-state index contributed by atoms with van der Waals surface area (Å²) < 4.78 is 23.5. The molecule has 20 heavy (non-hydrogen) atoms. The first-order chi connectivity index (χ1) is 9.47. The fourth-order valence-electron chi connectivity index (χ4n) is 3.54. The van der Waals surface area contributed by atoms with Crippen LogP contribution >= 0.6 is 0 Å². The molecule has 0 N–H and O–H groups in total. The highest BCUT2D eigenvalue weighted by Gasteiger charge is 2.45. The second-order valence-electron chi connectivity index (χ2n) is 5.89. The fourth-order valence-corrected chi connectivity index (χ4v) is 4.68. The van der Waals surface area contributed by atoms with Crippen LogP contribution in [0.1, 0.15) is 36.0 Å². The Morgan fingerprint density at radius 2 is 1.65 bits per heavy atom. The van der Waals surface area contributed by atoms with E-state index in [1.54, 1.807) is 0 Å². The Balaban J connectivity index is 1.83. The number of hydrogen-bond acceptors (Lipinski definition) is 3. The van der Waals surface area contributed by atoms with Crippen LogP contribution in [-0.4, -0.2) is 42.8 Å². The normalized spacial score (nSPS) is 29.4. The van der Waals surface area contributed by atoms with Crippen molar-refractivity contribution >= 4 is 15.7 Å². The summed E-state index contributed by atoms with van der Waals surface area (Å²) in [6.45, 7) is 0. The van der Waals surface area contributed by atoms with E-state index in [1.165, 1.54) is 6.26 Å². The average molecular weight is 293 g/mol. The van der Waals surface area contributed by atoms with Gasteiger partial charge in [0, 0.05) is 23.9 Å². The van der Waals surface area contributed by atoms with E-state index in [4.69, 9.17) is 0 Å². The third kappa shape index (κ3) is 2.35. The molecule has 0 aliphatic carbocycles. The lowest BCUT2D eigenvalue weighted by Gasteiger charge is -2.38. The molecule has 0 radical (unpaired) electrons. The Morgan fingerprint density at radius 1 is 1.10 bits per heavy atom. The third-order valence-corrected chi connectivity index (χ3v) is 6.15. The van der Waals surface area contributed by atoms with Gasteiger partial charge in [0.05, 0.1) is 5.25 Å². The number of hydrogen-bond donors (Lipinski definition) is 0. The number of benzene rings is 1. The smallest absolute Gasteiger partial charge is 0.254 e. The van der Waals surface area contributed by atoms with E-state index in [0.29, 0.717) is 18.4 Å². The molecule has 0 aromatic heterocycles. The number of carbonyl (C=O) groups excluding carboxylic acids is 1. The standard InChI is InChI=1S/C15H19NO3S/c1-20(18,19)14-9-12-7-8-13(10-14)16(12)15(17)11-5-3-2-4-6-11/h2-6,12-14H,7-10H2,1H3. The zero-order chi connectivity index (χ0) is 14.3. The van der Waals surface area contributed by atoms with E-state index < -0.39 is 9.84 Å².